The number of ketones is 2. The number of oxime groups is 1. The number of fused-ring (bicyclic) bond motifs is 2. The molecular weight excluding hydrogens is 458 g/mol. The smallest absolute Gasteiger partial charge is 0.332 e. The van der Waals surface area contributed by atoms with E-state index in [4.69, 9.17) is 9.57 Å². The number of carbonyl (C=O) groups excluding carboxylic acids is 3. The minimum Gasteiger partial charge on any atom is -0.493 e. The van der Waals surface area contributed by atoms with E-state index in [0.717, 1.165) is 6.92 Å². The van der Waals surface area contributed by atoms with E-state index in [1.165, 1.54) is 0 Å². The van der Waals surface area contributed by atoms with Crippen LogP contribution in [0.15, 0.2) is 78.0 Å². The lowest BCUT2D eigenvalue weighted by atomic mass is 9.91. The second-order valence-corrected chi connectivity index (χ2v) is 8.19. The summed E-state index contributed by atoms with van der Waals surface area (Å²) in [6.45, 7) is 5.08. The van der Waals surface area contributed by atoms with Gasteiger partial charge in [-0.1, -0.05) is 59.8 Å². The van der Waals surface area contributed by atoms with E-state index in [-0.39, 0.29) is 11.1 Å². The summed E-state index contributed by atoms with van der Waals surface area (Å²) in [4.78, 5) is 43.8. The molecule has 1 atom stereocenters. The van der Waals surface area contributed by atoms with Gasteiger partial charge in [0.2, 0.25) is 11.6 Å². The average molecular weight is 484 g/mol. The van der Waals surface area contributed by atoms with Crippen LogP contribution in [-0.4, -0.2) is 35.0 Å². The van der Waals surface area contributed by atoms with Gasteiger partial charge >= 0.3 is 5.97 Å². The highest BCUT2D eigenvalue weighted by Crippen LogP contribution is 2.31. The lowest BCUT2D eigenvalue weighted by Gasteiger charge is -2.14. The van der Waals surface area contributed by atoms with Crippen molar-refractivity contribution < 1.29 is 29.1 Å². The van der Waals surface area contributed by atoms with E-state index < -0.39 is 29.4 Å². The number of aliphatic hydroxyl groups is 1. The standard InChI is InChI=1S/C29H25NO6/c1-4-35-26-16-15-25(22-11-7-8-12-23(22)26)29(34)27(30-36-18(3)32)28(33)24-14-13-19(17(2)31)20-9-5-6-10-21(20)24/h5-17,31H,4H2,1-3H3. The number of hydrogen-bond donors (Lipinski definition) is 1. The molecule has 0 spiro atoms. The first-order chi connectivity index (χ1) is 17.3. The quantitative estimate of drug-likeness (QED) is 0.118. The van der Waals surface area contributed by atoms with E-state index in [1.807, 2.05) is 19.1 Å². The molecule has 0 radical (unpaired) electrons. The summed E-state index contributed by atoms with van der Waals surface area (Å²) in [6.07, 6.45) is -0.759. The molecule has 1 unspecified atom stereocenters. The first-order valence-corrected chi connectivity index (χ1v) is 11.5. The Balaban J connectivity index is 1.88. The molecule has 0 aliphatic carbocycles. The van der Waals surface area contributed by atoms with Crippen LogP contribution < -0.4 is 4.74 Å². The number of hydrogen-bond acceptors (Lipinski definition) is 7. The zero-order valence-electron chi connectivity index (χ0n) is 20.1. The van der Waals surface area contributed by atoms with Crippen molar-refractivity contribution in [2.24, 2.45) is 5.16 Å². The van der Waals surface area contributed by atoms with Gasteiger partial charge in [-0.2, -0.15) is 0 Å². The van der Waals surface area contributed by atoms with Crippen molar-refractivity contribution in [1.29, 1.82) is 0 Å². The van der Waals surface area contributed by atoms with Crippen molar-refractivity contribution >= 4 is 44.8 Å². The number of rotatable bonds is 8. The molecule has 4 aromatic carbocycles. The highest BCUT2D eigenvalue weighted by atomic mass is 16.7. The van der Waals surface area contributed by atoms with Crippen LogP contribution in [0.5, 0.6) is 5.75 Å². The Morgan fingerprint density at radius 2 is 1.33 bits per heavy atom. The maximum Gasteiger partial charge on any atom is 0.332 e. The van der Waals surface area contributed by atoms with Crippen LogP contribution >= 0.6 is 0 Å². The van der Waals surface area contributed by atoms with Gasteiger partial charge in [-0.05, 0) is 53.8 Å². The molecule has 0 heterocycles. The predicted molar refractivity (Wildman–Crippen MR) is 138 cm³/mol. The van der Waals surface area contributed by atoms with Gasteiger partial charge in [0.05, 0.1) is 12.7 Å². The summed E-state index contributed by atoms with van der Waals surface area (Å²) in [6, 6.07) is 20.7. The van der Waals surface area contributed by atoms with Crippen LogP contribution in [-0.2, 0) is 9.63 Å². The molecule has 182 valence electrons. The second-order valence-electron chi connectivity index (χ2n) is 8.19. The lowest BCUT2D eigenvalue weighted by molar-refractivity contribution is -0.140. The summed E-state index contributed by atoms with van der Waals surface area (Å²) in [5.74, 6) is -1.55. The predicted octanol–water partition coefficient (Wildman–Crippen LogP) is 5.43. The first-order valence-electron chi connectivity index (χ1n) is 11.5. The molecule has 0 bridgehead atoms. The van der Waals surface area contributed by atoms with Gasteiger partial charge in [0.1, 0.15) is 5.75 Å². The van der Waals surface area contributed by atoms with Crippen LogP contribution in [0.2, 0.25) is 0 Å². The molecule has 0 aromatic heterocycles. The highest BCUT2D eigenvalue weighted by molar-refractivity contribution is 6.73. The second kappa shape index (κ2) is 10.5. The van der Waals surface area contributed by atoms with Crippen LogP contribution in [0.1, 0.15) is 53.2 Å². The fourth-order valence-electron chi connectivity index (χ4n) is 4.19. The number of Topliss-reactive ketones (excluding diaryl/α,β-unsaturated/α-hetero) is 2. The third-order valence-corrected chi connectivity index (χ3v) is 5.78. The maximum absolute atomic E-state index is 13.7. The largest absolute Gasteiger partial charge is 0.493 e. The van der Waals surface area contributed by atoms with Crippen LogP contribution in [0, 0.1) is 0 Å². The summed E-state index contributed by atoms with van der Waals surface area (Å²) >= 11 is 0. The van der Waals surface area contributed by atoms with Crippen LogP contribution in [0.3, 0.4) is 0 Å². The van der Waals surface area contributed by atoms with Crippen molar-refractivity contribution in [3.63, 3.8) is 0 Å². The molecule has 0 saturated heterocycles. The van der Waals surface area contributed by atoms with Gasteiger partial charge in [0.25, 0.3) is 0 Å². The normalized spacial score (nSPS) is 12.4. The van der Waals surface area contributed by atoms with Gasteiger partial charge in [-0.25, -0.2) is 4.79 Å². The number of nitrogens with zero attached hydrogens (tertiary/aromatic N) is 1. The molecule has 0 aliphatic heterocycles. The van der Waals surface area contributed by atoms with E-state index in [1.54, 1.807) is 67.6 Å². The molecule has 0 aliphatic rings. The Bertz CT molecular complexity index is 1520. The fraction of sp³-hybridized carbons (Fsp3) is 0.172. The molecule has 7 nitrogen and oxygen atoms in total. The minimum absolute atomic E-state index is 0.199. The summed E-state index contributed by atoms with van der Waals surface area (Å²) in [7, 11) is 0. The third-order valence-electron chi connectivity index (χ3n) is 5.78. The molecule has 0 amide bonds. The third kappa shape index (κ3) is 4.74. The Morgan fingerprint density at radius 3 is 1.89 bits per heavy atom. The van der Waals surface area contributed by atoms with Crippen LogP contribution in [0.4, 0.5) is 0 Å². The Labute approximate surface area is 207 Å². The molecule has 4 rings (SSSR count). The summed E-state index contributed by atoms with van der Waals surface area (Å²) < 4.78 is 5.69. The monoisotopic (exact) mass is 483 g/mol. The SMILES string of the molecule is CCOc1ccc(C(=O)C(=NOC(C)=O)C(=O)c2ccc(C(C)O)c3ccccc23)c2ccccc12. The molecule has 1 N–H and O–H groups in total. The van der Waals surface area contributed by atoms with E-state index in [9.17, 15) is 19.5 Å². The molecular formula is C29H25NO6. The van der Waals surface area contributed by atoms with Gasteiger partial charge in [-0.3, -0.25) is 9.59 Å². The van der Waals surface area contributed by atoms with Crippen molar-refractivity contribution in [2.75, 3.05) is 6.61 Å². The van der Waals surface area contributed by atoms with Gasteiger partial charge in [0, 0.05) is 23.4 Å². The van der Waals surface area contributed by atoms with Crippen molar-refractivity contribution in [2.45, 2.75) is 26.9 Å². The number of aliphatic hydroxyl groups excluding tert-OH is 1. The highest BCUT2D eigenvalue weighted by Gasteiger charge is 2.28. The maximum atomic E-state index is 13.7. The molecule has 7 heteroatoms. The Morgan fingerprint density at radius 1 is 0.806 bits per heavy atom. The van der Waals surface area contributed by atoms with Gasteiger partial charge in [-0.15, -0.1) is 0 Å². The molecule has 0 saturated carbocycles. The first kappa shape index (κ1) is 24.8. The fourth-order valence-corrected chi connectivity index (χ4v) is 4.19. The zero-order chi connectivity index (χ0) is 25.8. The van der Waals surface area contributed by atoms with Crippen LogP contribution in [0.25, 0.3) is 21.5 Å². The summed E-state index contributed by atoms with van der Waals surface area (Å²) in [5.41, 5.74) is 0.529. The van der Waals surface area contributed by atoms with E-state index in [2.05, 4.69) is 5.16 Å². The van der Waals surface area contributed by atoms with Crippen molar-refractivity contribution in [3.8, 4) is 5.75 Å². The number of carbonyl (C=O) groups is 3. The van der Waals surface area contributed by atoms with E-state index >= 15 is 0 Å². The topological polar surface area (TPSA) is 102 Å². The molecule has 0 fully saturated rings. The minimum atomic E-state index is -0.765. The van der Waals surface area contributed by atoms with Crippen molar-refractivity contribution in [3.05, 3.63) is 89.5 Å². The number of benzene rings is 4. The Kier molecular flexibility index (Phi) is 7.22. The van der Waals surface area contributed by atoms with Gasteiger partial charge < -0.3 is 14.7 Å². The molecule has 36 heavy (non-hydrogen) atoms. The van der Waals surface area contributed by atoms with Gasteiger partial charge in [0.15, 0.2) is 5.71 Å². The van der Waals surface area contributed by atoms with Crippen molar-refractivity contribution in [1.82, 2.24) is 0 Å². The number of ether oxygens (including phenoxy) is 1. The Hall–Kier alpha value is -4.36. The lowest BCUT2D eigenvalue weighted by Crippen LogP contribution is -2.26. The average Bonchev–Trinajstić information content (AvgIpc) is 2.88. The molecule has 4 aromatic rings. The van der Waals surface area contributed by atoms with E-state index in [0.29, 0.717) is 39.5 Å². The summed E-state index contributed by atoms with van der Waals surface area (Å²) in [5, 5.41) is 16.4. The zero-order valence-corrected chi connectivity index (χ0v) is 20.1.